The summed E-state index contributed by atoms with van der Waals surface area (Å²) in [4.78, 5) is 59.4. The first-order valence-corrected chi connectivity index (χ1v) is 9.44. The Morgan fingerprint density at radius 1 is 0.828 bits per heavy atom. The smallest absolute Gasteiger partial charge is 0.326 e. The van der Waals surface area contributed by atoms with Crippen LogP contribution >= 0.6 is 0 Å². The molecule has 0 aliphatic carbocycles. The van der Waals surface area contributed by atoms with Crippen molar-refractivity contribution in [2.45, 2.75) is 71.6 Å². The summed E-state index contributed by atoms with van der Waals surface area (Å²) in [6.45, 7) is 8.46. The van der Waals surface area contributed by atoms with Gasteiger partial charge in [0.25, 0.3) is 0 Å². The van der Waals surface area contributed by atoms with Gasteiger partial charge < -0.3 is 32.5 Å². The van der Waals surface area contributed by atoms with Gasteiger partial charge in [0, 0.05) is 0 Å². The normalized spacial score (nSPS) is 15.2. The van der Waals surface area contributed by atoms with E-state index in [2.05, 4.69) is 16.0 Å². The average Bonchev–Trinajstić information content (AvgIpc) is 2.58. The fourth-order valence-corrected chi connectivity index (χ4v) is 2.35. The Labute approximate surface area is 170 Å². The van der Waals surface area contributed by atoms with E-state index in [4.69, 9.17) is 11.5 Å². The van der Waals surface area contributed by atoms with E-state index in [0.717, 1.165) is 0 Å². The highest BCUT2D eigenvalue weighted by molar-refractivity contribution is 5.95. The molecule has 11 nitrogen and oxygen atoms in total. The van der Waals surface area contributed by atoms with Gasteiger partial charge in [-0.3, -0.25) is 19.2 Å². The monoisotopic (exact) mass is 415 g/mol. The van der Waals surface area contributed by atoms with Gasteiger partial charge in [-0.25, -0.2) is 4.79 Å². The Morgan fingerprint density at radius 2 is 1.34 bits per heavy atom. The van der Waals surface area contributed by atoms with Crippen molar-refractivity contribution in [1.29, 1.82) is 0 Å². The molecule has 166 valence electrons. The lowest BCUT2D eigenvalue weighted by molar-refractivity contribution is -0.143. The molecule has 0 bridgehead atoms. The SMILES string of the molecule is CC(C)CC(NC(=O)C(CC(N)=O)NC(=O)C(C)NC(=O)C(N)C(C)C)C(=O)O. The summed E-state index contributed by atoms with van der Waals surface area (Å²) >= 11 is 0. The van der Waals surface area contributed by atoms with Crippen molar-refractivity contribution in [3.8, 4) is 0 Å². The van der Waals surface area contributed by atoms with E-state index in [1.165, 1.54) is 6.92 Å². The molecule has 0 saturated heterocycles. The van der Waals surface area contributed by atoms with Crippen molar-refractivity contribution in [2.24, 2.45) is 23.3 Å². The van der Waals surface area contributed by atoms with Crippen LogP contribution in [0.5, 0.6) is 0 Å². The van der Waals surface area contributed by atoms with Crippen LogP contribution in [0.4, 0.5) is 0 Å². The van der Waals surface area contributed by atoms with Gasteiger partial charge in [-0.1, -0.05) is 27.7 Å². The van der Waals surface area contributed by atoms with Gasteiger partial charge in [-0.05, 0) is 25.2 Å². The second kappa shape index (κ2) is 12.0. The molecule has 0 aromatic rings. The lowest BCUT2D eigenvalue weighted by Gasteiger charge is -2.24. The number of hydrogen-bond donors (Lipinski definition) is 6. The van der Waals surface area contributed by atoms with Gasteiger partial charge in [-0.15, -0.1) is 0 Å². The molecule has 4 atom stereocenters. The first-order chi connectivity index (χ1) is 13.3. The minimum absolute atomic E-state index is 0.0130. The lowest BCUT2D eigenvalue weighted by Crippen LogP contribution is -2.57. The lowest BCUT2D eigenvalue weighted by atomic mass is 10.0. The van der Waals surface area contributed by atoms with Crippen LogP contribution in [0, 0.1) is 11.8 Å². The maximum Gasteiger partial charge on any atom is 0.326 e. The van der Waals surface area contributed by atoms with Gasteiger partial charge in [-0.2, -0.15) is 0 Å². The number of carbonyl (C=O) groups is 5. The van der Waals surface area contributed by atoms with E-state index in [9.17, 15) is 29.1 Å². The Hall–Kier alpha value is -2.69. The number of nitrogens with two attached hydrogens (primary N) is 2. The molecular formula is C18H33N5O6. The number of amides is 4. The fraction of sp³-hybridized carbons (Fsp3) is 0.722. The quantitative estimate of drug-likeness (QED) is 0.222. The fourth-order valence-electron chi connectivity index (χ4n) is 2.35. The highest BCUT2D eigenvalue weighted by Gasteiger charge is 2.30. The number of carboxylic acid groups (broad SMARTS) is 1. The van der Waals surface area contributed by atoms with Gasteiger partial charge >= 0.3 is 5.97 Å². The van der Waals surface area contributed by atoms with Crippen molar-refractivity contribution >= 4 is 29.6 Å². The molecule has 0 rings (SSSR count). The largest absolute Gasteiger partial charge is 0.480 e. The molecule has 0 spiro atoms. The summed E-state index contributed by atoms with van der Waals surface area (Å²) < 4.78 is 0. The Kier molecular flexibility index (Phi) is 10.9. The predicted molar refractivity (Wildman–Crippen MR) is 105 cm³/mol. The molecule has 0 aromatic heterocycles. The Bertz CT molecular complexity index is 622. The molecular weight excluding hydrogens is 382 g/mol. The molecule has 4 unspecified atom stereocenters. The summed E-state index contributed by atoms with van der Waals surface area (Å²) in [5, 5.41) is 16.3. The van der Waals surface area contributed by atoms with Crippen LogP contribution in [0.1, 0.15) is 47.5 Å². The van der Waals surface area contributed by atoms with Gasteiger partial charge in [0.15, 0.2) is 0 Å². The van der Waals surface area contributed by atoms with Crippen molar-refractivity contribution < 1.29 is 29.1 Å². The maximum atomic E-state index is 12.4. The van der Waals surface area contributed by atoms with Crippen LogP contribution < -0.4 is 27.4 Å². The zero-order valence-corrected chi connectivity index (χ0v) is 17.5. The third-order valence-electron chi connectivity index (χ3n) is 4.13. The van der Waals surface area contributed by atoms with E-state index < -0.39 is 60.2 Å². The minimum atomic E-state index is -1.38. The van der Waals surface area contributed by atoms with Crippen molar-refractivity contribution in [2.75, 3.05) is 0 Å². The Balaban J connectivity index is 5.15. The van der Waals surface area contributed by atoms with Crippen LogP contribution in [0.3, 0.4) is 0 Å². The molecule has 0 heterocycles. The maximum absolute atomic E-state index is 12.4. The predicted octanol–water partition coefficient (Wildman–Crippen LogP) is -1.55. The van der Waals surface area contributed by atoms with Gasteiger partial charge in [0.2, 0.25) is 23.6 Å². The molecule has 0 radical (unpaired) electrons. The number of primary amides is 1. The third kappa shape index (κ3) is 9.88. The number of aliphatic carboxylic acids is 1. The van der Waals surface area contributed by atoms with Gasteiger partial charge in [0.05, 0.1) is 12.5 Å². The van der Waals surface area contributed by atoms with Crippen LogP contribution in [-0.2, 0) is 24.0 Å². The zero-order valence-electron chi connectivity index (χ0n) is 17.5. The van der Waals surface area contributed by atoms with E-state index >= 15 is 0 Å². The van der Waals surface area contributed by atoms with Crippen LogP contribution in [-0.4, -0.2) is 58.9 Å². The number of carbonyl (C=O) groups excluding carboxylic acids is 4. The first-order valence-electron chi connectivity index (χ1n) is 9.44. The average molecular weight is 415 g/mol. The van der Waals surface area contributed by atoms with Crippen molar-refractivity contribution in [3.05, 3.63) is 0 Å². The van der Waals surface area contributed by atoms with Crippen LogP contribution in [0.15, 0.2) is 0 Å². The molecule has 0 saturated carbocycles. The molecule has 0 fully saturated rings. The van der Waals surface area contributed by atoms with Gasteiger partial charge in [0.1, 0.15) is 18.1 Å². The summed E-state index contributed by atoms with van der Waals surface area (Å²) in [5.41, 5.74) is 10.9. The summed E-state index contributed by atoms with van der Waals surface area (Å²) in [7, 11) is 0. The van der Waals surface area contributed by atoms with E-state index in [0.29, 0.717) is 0 Å². The van der Waals surface area contributed by atoms with E-state index in [1.807, 2.05) is 0 Å². The number of rotatable bonds is 12. The second-order valence-corrected chi connectivity index (χ2v) is 7.76. The standard InChI is InChI=1S/C18H33N5O6/c1-8(2)6-12(18(28)29)23-16(26)11(7-13(19)24)22-15(25)10(5)21-17(27)14(20)9(3)4/h8-12,14H,6-7,20H2,1-5H3,(H2,19,24)(H,21,27)(H,22,25)(H,23,26)(H,28,29). The topological polar surface area (TPSA) is 194 Å². The summed E-state index contributed by atoms with van der Waals surface area (Å²) in [6.07, 6.45) is -0.365. The molecule has 11 heteroatoms. The zero-order chi connectivity index (χ0) is 22.9. The number of nitrogens with one attached hydrogen (secondary N) is 3. The van der Waals surface area contributed by atoms with E-state index in [-0.39, 0.29) is 18.3 Å². The van der Waals surface area contributed by atoms with Crippen molar-refractivity contribution in [1.82, 2.24) is 16.0 Å². The Morgan fingerprint density at radius 3 is 1.76 bits per heavy atom. The summed E-state index contributed by atoms with van der Waals surface area (Å²) in [5.74, 6) is -4.40. The van der Waals surface area contributed by atoms with Crippen LogP contribution in [0.25, 0.3) is 0 Å². The third-order valence-corrected chi connectivity index (χ3v) is 4.13. The second-order valence-electron chi connectivity index (χ2n) is 7.76. The molecule has 0 aromatic carbocycles. The molecule has 29 heavy (non-hydrogen) atoms. The molecule has 0 aliphatic rings. The van der Waals surface area contributed by atoms with Crippen LogP contribution in [0.2, 0.25) is 0 Å². The summed E-state index contributed by atoms with van der Waals surface area (Å²) in [6, 6.07) is -4.42. The first kappa shape index (κ1) is 26.3. The molecule has 8 N–H and O–H groups in total. The molecule has 4 amide bonds. The van der Waals surface area contributed by atoms with E-state index in [1.54, 1.807) is 27.7 Å². The number of carboxylic acids is 1. The number of hydrogen-bond acceptors (Lipinski definition) is 6. The van der Waals surface area contributed by atoms with Crippen molar-refractivity contribution in [3.63, 3.8) is 0 Å². The minimum Gasteiger partial charge on any atom is -0.480 e. The highest BCUT2D eigenvalue weighted by Crippen LogP contribution is 2.06. The highest BCUT2D eigenvalue weighted by atomic mass is 16.4. The molecule has 0 aliphatic heterocycles.